The number of benzene rings is 1. The molecular weight excluding hydrogens is 279 g/mol. The van der Waals surface area contributed by atoms with Gasteiger partial charge in [-0.25, -0.2) is 4.39 Å². The first-order valence-electron chi connectivity index (χ1n) is 6.87. The number of rotatable bonds is 4. The predicted octanol–water partition coefficient (Wildman–Crippen LogP) is 1.97. The number of carbonyl (C=O) groups is 1. The maximum Gasteiger partial charge on any atom is 0.272 e. The number of aliphatic hydroxyl groups is 1. The quantitative estimate of drug-likeness (QED) is 0.680. The van der Waals surface area contributed by atoms with Gasteiger partial charge in [-0.05, 0) is 31.2 Å². The van der Waals surface area contributed by atoms with E-state index in [0.29, 0.717) is 19.5 Å². The van der Waals surface area contributed by atoms with Crippen molar-refractivity contribution in [3.63, 3.8) is 0 Å². The standard InChI is InChI=1S/C14H17FN2O4/c15-13-8-11(17(20)21)3-4-12(13)14(19)16-6-1-2-10(9-16)5-7-18/h3-4,8,10,18H,1-2,5-7,9H2. The van der Waals surface area contributed by atoms with Crippen LogP contribution < -0.4 is 0 Å². The van der Waals surface area contributed by atoms with Crippen LogP contribution in [-0.2, 0) is 0 Å². The second-order valence-corrected chi connectivity index (χ2v) is 5.19. The summed E-state index contributed by atoms with van der Waals surface area (Å²) in [6, 6.07) is 3.05. The summed E-state index contributed by atoms with van der Waals surface area (Å²) >= 11 is 0. The van der Waals surface area contributed by atoms with Crippen molar-refractivity contribution in [3.8, 4) is 0 Å². The molecule has 114 valence electrons. The molecule has 7 heteroatoms. The van der Waals surface area contributed by atoms with Gasteiger partial charge in [-0.3, -0.25) is 14.9 Å². The van der Waals surface area contributed by atoms with Crippen LogP contribution >= 0.6 is 0 Å². The minimum absolute atomic E-state index is 0.0680. The Bertz CT molecular complexity index is 548. The van der Waals surface area contributed by atoms with Crippen molar-refractivity contribution in [2.24, 2.45) is 5.92 Å². The van der Waals surface area contributed by atoms with Gasteiger partial charge < -0.3 is 10.0 Å². The third-order valence-electron chi connectivity index (χ3n) is 3.74. The van der Waals surface area contributed by atoms with Crippen molar-refractivity contribution in [3.05, 3.63) is 39.7 Å². The number of nitro groups is 1. The lowest BCUT2D eigenvalue weighted by Gasteiger charge is -2.32. The molecule has 0 saturated carbocycles. The molecule has 0 radical (unpaired) electrons. The molecule has 0 aromatic heterocycles. The molecule has 6 nitrogen and oxygen atoms in total. The van der Waals surface area contributed by atoms with Crippen molar-refractivity contribution < 1.29 is 19.2 Å². The Balaban J connectivity index is 2.14. The summed E-state index contributed by atoms with van der Waals surface area (Å²) in [5, 5.41) is 19.5. The zero-order valence-electron chi connectivity index (χ0n) is 11.5. The maximum absolute atomic E-state index is 13.9. The minimum Gasteiger partial charge on any atom is -0.396 e. The van der Waals surface area contributed by atoms with Crippen molar-refractivity contribution >= 4 is 11.6 Å². The number of aliphatic hydroxyl groups excluding tert-OH is 1. The summed E-state index contributed by atoms with van der Waals surface area (Å²) < 4.78 is 13.9. The van der Waals surface area contributed by atoms with E-state index in [0.717, 1.165) is 31.0 Å². The molecule has 1 aromatic carbocycles. The first kappa shape index (κ1) is 15.4. The lowest BCUT2D eigenvalue weighted by Crippen LogP contribution is -2.40. The smallest absolute Gasteiger partial charge is 0.272 e. The number of nitrogens with zero attached hydrogens (tertiary/aromatic N) is 2. The number of carbonyl (C=O) groups excluding carboxylic acids is 1. The summed E-state index contributed by atoms with van der Waals surface area (Å²) in [4.78, 5) is 23.7. The van der Waals surface area contributed by atoms with E-state index in [4.69, 9.17) is 5.11 Å². The lowest BCUT2D eigenvalue weighted by atomic mass is 9.94. The molecule has 1 unspecified atom stereocenters. The van der Waals surface area contributed by atoms with Gasteiger partial charge in [0.2, 0.25) is 0 Å². The summed E-state index contributed by atoms with van der Waals surface area (Å²) in [5.74, 6) is -1.11. The van der Waals surface area contributed by atoms with E-state index in [-0.39, 0.29) is 23.8 Å². The van der Waals surface area contributed by atoms with Gasteiger partial charge in [-0.1, -0.05) is 0 Å². The molecule has 1 saturated heterocycles. The van der Waals surface area contributed by atoms with Gasteiger partial charge in [0, 0.05) is 25.8 Å². The van der Waals surface area contributed by atoms with E-state index in [1.54, 1.807) is 4.90 Å². The molecule has 1 N–H and O–H groups in total. The number of piperidine rings is 1. The fraction of sp³-hybridized carbons (Fsp3) is 0.500. The van der Waals surface area contributed by atoms with E-state index in [2.05, 4.69) is 0 Å². The van der Waals surface area contributed by atoms with Crippen LogP contribution in [0.5, 0.6) is 0 Å². The SMILES string of the molecule is O=C(c1ccc([N+](=O)[O-])cc1F)N1CCCC(CCO)C1. The molecular formula is C14H17FN2O4. The van der Waals surface area contributed by atoms with E-state index in [1.807, 2.05) is 0 Å². The number of amides is 1. The molecule has 1 amide bonds. The largest absolute Gasteiger partial charge is 0.396 e. The van der Waals surface area contributed by atoms with Crippen LogP contribution in [0.15, 0.2) is 18.2 Å². The van der Waals surface area contributed by atoms with Gasteiger partial charge in [0.1, 0.15) is 5.82 Å². The van der Waals surface area contributed by atoms with Crippen LogP contribution in [0.4, 0.5) is 10.1 Å². The third kappa shape index (κ3) is 3.55. The number of non-ortho nitro benzene ring substituents is 1. The monoisotopic (exact) mass is 296 g/mol. The average Bonchev–Trinajstić information content (AvgIpc) is 2.47. The highest BCUT2D eigenvalue weighted by Crippen LogP contribution is 2.23. The molecule has 1 aliphatic heterocycles. The fourth-order valence-electron chi connectivity index (χ4n) is 2.63. The van der Waals surface area contributed by atoms with Crippen LogP contribution in [0.25, 0.3) is 0 Å². The first-order valence-corrected chi connectivity index (χ1v) is 6.87. The van der Waals surface area contributed by atoms with Gasteiger partial charge in [-0.2, -0.15) is 0 Å². The molecule has 0 bridgehead atoms. The van der Waals surface area contributed by atoms with E-state index < -0.39 is 16.6 Å². The number of hydrogen-bond acceptors (Lipinski definition) is 4. The highest BCUT2D eigenvalue weighted by Gasteiger charge is 2.26. The second kappa shape index (κ2) is 6.62. The molecule has 21 heavy (non-hydrogen) atoms. The Morgan fingerprint density at radius 1 is 1.52 bits per heavy atom. The number of halogens is 1. The minimum atomic E-state index is -0.876. The second-order valence-electron chi connectivity index (χ2n) is 5.19. The predicted molar refractivity (Wildman–Crippen MR) is 73.4 cm³/mol. The number of nitro benzene ring substituents is 1. The Kier molecular flexibility index (Phi) is 4.85. The van der Waals surface area contributed by atoms with Crippen molar-refractivity contribution in [2.45, 2.75) is 19.3 Å². The zero-order valence-corrected chi connectivity index (χ0v) is 11.5. The van der Waals surface area contributed by atoms with Gasteiger partial charge >= 0.3 is 0 Å². The molecule has 0 aliphatic carbocycles. The molecule has 1 atom stereocenters. The zero-order chi connectivity index (χ0) is 15.4. The Hall–Kier alpha value is -2.02. The maximum atomic E-state index is 13.9. The Morgan fingerprint density at radius 2 is 2.29 bits per heavy atom. The van der Waals surface area contributed by atoms with Crippen LogP contribution in [0.3, 0.4) is 0 Å². The Labute approximate surface area is 121 Å². The van der Waals surface area contributed by atoms with Crippen LogP contribution in [0.2, 0.25) is 0 Å². The van der Waals surface area contributed by atoms with E-state index in [1.165, 1.54) is 0 Å². The summed E-state index contributed by atoms with van der Waals surface area (Å²) in [5.41, 5.74) is -0.522. The molecule has 2 rings (SSSR count). The van der Waals surface area contributed by atoms with E-state index >= 15 is 0 Å². The first-order chi connectivity index (χ1) is 10.0. The molecule has 1 fully saturated rings. The highest BCUT2D eigenvalue weighted by atomic mass is 19.1. The molecule has 1 heterocycles. The molecule has 1 aromatic rings. The number of hydrogen-bond donors (Lipinski definition) is 1. The third-order valence-corrected chi connectivity index (χ3v) is 3.74. The van der Waals surface area contributed by atoms with Crippen molar-refractivity contribution in [1.82, 2.24) is 4.90 Å². The van der Waals surface area contributed by atoms with Crippen molar-refractivity contribution in [1.29, 1.82) is 0 Å². The fourth-order valence-corrected chi connectivity index (χ4v) is 2.63. The summed E-state index contributed by atoms with van der Waals surface area (Å²) in [6.45, 7) is 1.09. The summed E-state index contributed by atoms with van der Waals surface area (Å²) in [6.07, 6.45) is 2.37. The van der Waals surface area contributed by atoms with Gasteiger partial charge in [0.25, 0.3) is 11.6 Å². The molecule has 1 aliphatic rings. The van der Waals surface area contributed by atoms with Crippen LogP contribution in [0.1, 0.15) is 29.6 Å². The topological polar surface area (TPSA) is 83.7 Å². The highest BCUT2D eigenvalue weighted by molar-refractivity contribution is 5.94. The average molecular weight is 296 g/mol. The summed E-state index contributed by atoms with van der Waals surface area (Å²) in [7, 11) is 0. The normalized spacial score (nSPS) is 18.6. The van der Waals surface area contributed by atoms with Crippen LogP contribution in [-0.4, -0.2) is 40.5 Å². The van der Waals surface area contributed by atoms with Crippen molar-refractivity contribution in [2.75, 3.05) is 19.7 Å². The number of likely N-dealkylation sites (tertiary alicyclic amines) is 1. The van der Waals surface area contributed by atoms with Gasteiger partial charge in [0.15, 0.2) is 0 Å². The van der Waals surface area contributed by atoms with E-state index in [9.17, 15) is 19.3 Å². The molecule has 0 spiro atoms. The van der Waals surface area contributed by atoms with Gasteiger partial charge in [-0.15, -0.1) is 0 Å². The van der Waals surface area contributed by atoms with Crippen LogP contribution in [0, 0.1) is 21.8 Å². The Morgan fingerprint density at radius 3 is 2.90 bits per heavy atom. The van der Waals surface area contributed by atoms with Gasteiger partial charge in [0.05, 0.1) is 16.6 Å². The lowest BCUT2D eigenvalue weighted by molar-refractivity contribution is -0.385.